The Labute approximate surface area is 96.2 Å². The summed E-state index contributed by atoms with van der Waals surface area (Å²) in [4.78, 5) is 13.9. The molecule has 2 rings (SSSR count). The molecule has 88 valence electrons. The van der Waals surface area contributed by atoms with Crippen molar-refractivity contribution in [2.45, 2.75) is 38.2 Å². The Bertz CT molecular complexity index is 292. The molecule has 0 aliphatic carbocycles. The van der Waals surface area contributed by atoms with E-state index in [1.807, 2.05) is 4.90 Å². The van der Waals surface area contributed by atoms with Gasteiger partial charge in [0, 0.05) is 19.7 Å². The summed E-state index contributed by atoms with van der Waals surface area (Å²) in [6, 6.07) is 2.26. The van der Waals surface area contributed by atoms with Gasteiger partial charge in [0.2, 0.25) is 0 Å². The van der Waals surface area contributed by atoms with E-state index in [0.717, 1.165) is 38.6 Å². The molecule has 4 nitrogen and oxygen atoms in total. The minimum absolute atomic E-state index is 0.0151. The molecule has 0 radical (unpaired) electrons. The smallest absolute Gasteiger partial charge is 0.251 e. The number of hydrogen-bond donors (Lipinski definition) is 0. The third-order valence-electron chi connectivity index (χ3n) is 3.37. The number of carbonyl (C=O) groups excluding carboxylic acids is 1. The van der Waals surface area contributed by atoms with Crippen LogP contribution in [0.4, 0.5) is 0 Å². The van der Waals surface area contributed by atoms with Gasteiger partial charge in [-0.1, -0.05) is 0 Å². The Morgan fingerprint density at radius 3 is 2.88 bits per heavy atom. The van der Waals surface area contributed by atoms with Crippen molar-refractivity contribution in [3.05, 3.63) is 0 Å². The third kappa shape index (κ3) is 2.53. The van der Waals surface area contributed by atoms with Crippen LogP contribution in [-0.2, 0) is 9.53 Å². The number of nitrogens with zero attached hydrogens (tertiary/aromatic N) is 2. The predicted octanol–water partition coefficient (Wildman–Crippen LogP) is 1.32. The van der Waals surface area contributed by atoms with Gasteiger partial charge >= 0.3 is 0 Å². The van der Waals surface area contributed by atoms with Crippen LogP contribution in [0.5, 0.6) is 0 Å². The zero-order valence-electron chi connectivity index (χ0n) is 9.52. The molecule has 0 saturated carbocycles. The SMILES string of the molecule is N#CC1CCCN(C(=O)C2CCCCO2)C1. The maximum atomic E-state index is 12.1. The average Bonchev–Trinajstić information content (AvgIpc) is 2.39. The lowest BCUT2D eigenvalue weighted by atomic mass is 9.98. The van der Waals surface area contributed by atoms with Crippen LogP contribution < -0.4 is 0 Å². The van der Waals surface area contributed by atoms with E-state index in [-0.39, 0.29) is 17.9 Å². The van der Waals surface area contributed by atoms with Gasteiger partial charge in [0.05, 0.1) is 12.0 Å². The minimum atomic E-state index is -0.244. The Balaban J connectivity index is 1.90. The molecule has 0 aromatic heterocycles. The molecule has 2 aliphatic rings. The molecule has 2 fully saturated rings. The topological polar surface area (TPSA) is 53.3 Å². The summed E-state index contributed by atoms with van der Waals surface area (Å²) in [5.74, 6) is 0.112. The quantitative estimate of drug-likeness (QED) is 0.672. The number of amides is 1. The second kappa shape index (κ2) is 5.31. The van der Waals surface area contributed by atoms with Crippen molar-refractivity contribution in [1.82, 2.24) is 4.90 Å². The Kier molecular flexibility index (Phi) is 3.79. The first kappa shape index (κ1) is 11.4. The minimum Gasteiger partial charge on any atom is -0.368 e. The van der Waals surface area contributed by atoms with Crippen molar-refractivity contribution in [3.63, 3.8) is 0 Å². The highest BCUT2D eigenvalue weighted by atomic mass is 16.5. The van der Waals surface area contributed by atoms with E-state index in [9.17, 15) is 4.79 Å². The summed E-state index contributed by atoms with van der Waals surface area (Å²) in [5.41, 5.74) is 0. The van der Waals surface area contributed by atoms with Crippen LogP contribution in [-0.4, -0.2) is 36.6 Å². The van der Waals surface area contributed by atoms with Gasteiger partial charge in [-0.15, -0.1) is 0 Å². The summed E-state index contributed by atoms with van der Waals surface area (Å²) in [6.45, 7) is 2.08. The molecular weight excluding hydrogens is 204 g/mol. The number of likely N-dealkylation sites (tertiary alicyclic amines) is 1. The first-order valence-electron chi connectivity index (χ1n) is 6.11. The van der Waals surface area contributed by atoms with Gasteiger partial charge in [-0.25, -0.2) is 0 Å². The molecule has 16 heavy (non-hydrogen) atoms. The lowest BCUT2D eigenvalue weighted by Gasteiger charge is -2.33. The van der Waals surface area contributed by atoms with Gasteiger partial charge in [-0.2, -0.15) is 5.26 Å². The first-order valence-corrected chi connectivity index (χ1v) is 6.11. The van der Waals surface area contributed by atoms with Crippen LogP contribution in [0.2, 0.25) is 0 Å². The van der Waals surface area contributed by atoms with Crippen LogP contribution in [0.15, 0.2) is 0 Å². The molecule has 0 aromatic rings. The van der Waals surface area contributed by atoms with E-state index in [1.54, 1.807) is 0 Å². The second-order valence-electron chi connectivity index (χ2n) is 4.61. The zero-order valence-corrected chi connectivity index (χ0v) is 9.52. The monoisotopic (exact) mass is 222 g/mol. The number of piperidine rings is 1. The van der Waals surface area contributed by atoms with Gasteiger partial charge in [-0.3, -0.25) is 4.79 Å². The molecule has 0 aromatic carbocycles. The van der Waals surface area contributed by atoms with E-state index in [2.05, 4.69) is 6.07 Å². The molecule has 2 heterocycles. The fraction of sp³-hybridized carbons (Fsp3) is 0.833. The Morgan fingerprint density at radius 2 is 2.19 bits per heavy atom. The fourth-order valence-corrected chi connectivity index (χ4v) is 2.42. The summed E-state index contributed by atoms with van der Waals surface area (Å²) < 4.78 is 5.49. The molecule has 2 unspecified atom stereocenters. The third-order valence-corrected chi connectivity index (χ3v) is 3.37. The van der Waals surface area contributed by atoms with Crippen LogP contribution in [0.25, 0.3) is 0 Å². The summed E-state index contributed by atoms with van der Waals surface area (Å²) in [5, 5.41) is 8.88. The lowest BCUT2D eigenvalue weighted by Crippen LogP contribution is -2.46. The summed E-state index contributed by atoms with van der Waals surface area (Å²) in [7, 11) is 0. The largest absolute Gasteiger partial charge is 0.368 e. The molecular formula is C12H18N2O2. The average molecular weight is 222 g/mol. The van der Waals surface area contributed by atoms with Crippen LogP contribution in [0.1, 0.15) is 32.1 Å². The molecule has 2 saturated heterocycles. The number of rotatable bonds is 1. The second-order valence-corrected chi connectivity index (χ2v) is 4.61. The molecule has 2 aliphatic heterocycles. The Hall–Kier alpha value is -1.08. The lowest BCUT2D eigenvalue weighted by molar-refractivity contribution is -0.147. The van der Waals surface area contributed by atoms with Crippen molar-refractivity contribution < 1.29 is 9.53 Å². The van der Waals surface area contributed by atoms with E-state index in [0.29, 0.717) is 13.2 Å². The van der Waals surface area contributed by atoms with Crippen LogP contribution >= 0.6 is 0 Å². The molecule has 0 N–H and O–H groups in total. The summed E-state index contributed by atoms with van der Waals surface area (Å²) in [6.07, 6.45) is 4.59. The fourth-order valence-electron chi connectivity index (χ4n) is 2.42. The van der Waals surface area contributed by atoms with Crippen LogP contribution in [0, 0.1) is 17.2 Å². The van der Waals surface area contributed by atoms with Gasteiger partial charge in [0.15, 0.2) is 0 Å². The number of carbonyl (C=O) groups is 1. The van der Waals surface area contributed by atoms with Crippen molar-refractivity contribution >= 4 is 5.91 Å². The van der Waals surface area contributed by atoms with E-state index < -0.39 is 0 Å². The maximum Gasteiger partial charge on any atom is 0.251 e. The van der Waals surface area contributed by atoms with Gasteiger partial charge in [0.1, 0.15) is 6.10 Å². The predicted molar refractivity (Wildman–Crippen MR) is 58.5 cm³/mol. The molecule has 0 bridgehead atoms. The molecule has 2 atom stereocenters. The van der Waals surface area contributed by atoms with Gasteiger partial charge in [0.25, 0.3) is 5.91 Å². The van der Waals surface area contributed by atoms with Crippen molar-refractivity contribution in [1.29, 1.82) is 5.26 Å². The first-order chi connectivity index (χ1) is 7.81. The zero-order chi connectivity index (χ0) is 11.4. The summed E-state index contributed by atoms with van der Waals surface area (Å²) >= 11 is 0. The number of nitriles is 1. The maximum absolute atomic E-state index is 12.1. The number of ether oxygens (including phenoxy) is 1. The standard InChI is InChI=1S/C12H18N2O2/c13-8-10-4-3-6-14(9-10)12(15)11-5-1-2-7-16-11/h10-11H,1-7,9H2. The van der Waals surface area contributed by atoms with E-state index >= 15 is 0 Å². The van der Waals surface area contributed by atoms with Crippen molar-refractivity contribution in [3.8, 4) is 6.07 Å². The highest BCUT2D eigenvalue weighted by Crippen LogP contribution is 2.20. The van der Waals surface area contributed by atoms with Gasteiger partial charge in [-0.05, 0) is 32.1 Å². The van der Waals surface area contributed by atoms with E-state index in [1.165, 1.54) is 0 Å². The Morgan fingerprint density at radius 1 is 1.31 bits per heavy atom. The van der Waals surface area contributed by atoms with E-state index in [4.69, 9.17) is 10.00 Å². The number of hydrogen-bond acceptors (Lipinski definition) is 3. The van der Waals surface area contributed by atoms with Crippen LogP contribution in [0.3, 0.4) is 0 Å². The normalized spacial score (nSPS) is 30.8. The molecule has 0 spiro atoms. The van der Waals surface area contributed by atoms with Crippen molar-refractivity contribution in [2.24, 2.45) is 5.92 Å². The van der Waals surface area contributed by atoms with Crippen molar-refractivity contribution in [2.75, 3.05) is 19.7 Å². The highest BCUT2D eigenvalue weighted by Gasteiger charge is 2.30. The molecule has 4 heteroatoms. The van der Waals surface area contributed by atoms with Gasteiger partial charge < -0.3 is 9.64 Å². The molecule has 1 amide bonds. The highest BCUT2D eigenvalue weighted by molar-refractivity contribution is 5.81.